The van der Waals surface area contributed by atoms with Gasteiger partial charge >= 0.3 is 0 Å². The van der Waals surface area contributed by atoms with Gasteiger partial charge in [0.15, 0.2) is 23.0 Å². The number of hydrogen-bond acceptors (Lipinski definition) is 7. The van der Waals surface area contributed by atoms with Crippen molar-refractivity contribution in [3.05, 3.63) is 36.4 Å². The minimum atomic E-state index is 0.0557. The summed E-state index contributed by atoms with van der Waals surface area (Å²) in [6, 6.07) is 5.78. The molecule has 5 rings (SSSR count). The molecule has 3 aromatic rings. The quantitative estimate of drug-likeness (QED) is 0.749. The summed E-state index contributed by atoms with van der Waals surface area (Å²) in [5.41, 5.74) is 2.38. The Balaban J connectivity index is 1.31. The molecule has 1 saturated heterocycles. The van der Waals surface area contributed by atoms with E-state index in [4.69, 9.17) is 9.47 Å². The number of amides is 1. The van der Waals surface area contributed by atoms with Crippen LogP contribution in [0, 0.1) is 0 Å². The van der Waals surface area contributed by atoms with E-state index < -0.39 is 0 Å². The van der Waals surface area contributed by atoms with E-state index in [-0.39, 0.29) is 19.2 Å². The zero-order valence-electron chi connectivity index (χ0n) is 13.9. The summed E-state index contributed by atoms with van der Waals surface area (Å²) < 4.78 is 10.7. The maximum Gasteiger partial charge on any atom is 0.242 e. The van der Waals surface area contributed by atoms with Crippen LogP contribution in [0.2, 0.25) is 0 Å². The molecule has 0 bridgehead atoms. The van der Waals surface area contributed by atoms with Gasteiger partial charge in [0, 0.05) is 19.6 Å². The van der Waals surface area contributed by atoms with Crippen molar-refractivity contribution in [3.63, 3.8) is 0 Å². The van der Waals surface area contributed by atoms with Gasteiger partial charge < -0.3 is 24.3 Å². The number of aromatic nitrogens is 4. The van der Waals surface area contributed by atoms with E-state index in [2.05, 4.69) is 19.9 Å². The number of nitrogens with zero attached hydrogens (tertiary/aromatic N) is 5. The summed E-state index contributed by atoms with van der Waals surface area (Å²) in [6.45, 7) is 2.38. The number of carbonyl (C=O) groups is 1. The first-order valence-electron chi connectivity index (χ1n) is 8.33. The maximum atomic E-state index is 12.6. The molecule has 0 aliphatic carbocycles. The average Bonchev–Trinajstić information content (AvgIpc) is 3.31. The highest BCUT2D eigenvalue weighted by Crippen LogP contribution is 2.33. The molecule has 4 heterocycles. The zero-order valence-corrected chi connectivity index (χ0v) is 13.9. The molecule has 26 heavy (non-hydrogen) atoms. The van der Waals surface area contributed by atoms with Crippen molar-refractivity contribution in [1.82, 2.24) is 24.8 Å². The lowest BCUT2D eigenvalue weighted by Gasteiger charge is -2.35. The van der Waals surface area contributed by atoms with Gasteiger partial charge in [-0.3, -0.25) is 4.79 Å². The predicted octanol–water partition coefficient (Wildman–Crippen LogP) is 0.930. The number of hydrogen-bond donors (Lipinski definition) is 1. The summed E-state index contributed by atoms with van der Waals surface area (Å²) in [7, 11) is 0. The third kappa shape index (κ3) is 2.48. The van der Waals surface area contributed by atoms with Crippen LogP contribution in [-0.2, 0) is 11.3 Å². The Bertz CT molecular complexity index is 988. The van der Waals surface area contributed by atoms with E-state index in [1.54, 1.807) is 6.33 Å². The van der Waals surface area contributed by atoms with Gasteiger partial charge in [0.25, 0.3) is 0 Å². The van der Waals surface area contributed by atoms with Crippen LogP contribution in [0.15, 0.2) is 30.9 Å². The summed E-state index contributed by atoms with van der Waals surface area (Å²) in [5.74, 6) is 2.25. The Labute approximate surface area is 148 Å². The zero-order chi connectivity index (χ0) is 17.5. The van der Waals surface area contributed by atoms with Gasteiger partial charge in [-0.1, -0.05) is 6.07 Å². The van der Waals surface area contributed by atoms with Crippen LogP contribution in [0.4, 0.5) is 5.82 Å². The van der Waals surface area contributed by atoms with Crippen LogP contribution >= 0.6 is 0 Å². The normalized spacial score (nSPS) is 16.5. The van der Waals surface area contributed by atoms with Crippen LogP contribution in [0.25, 0.3) is 11.2 Å². The Kier molecular flexibility index (Phi) is 3.37. The second-order valence-corrected chi connectivity index (χ2v) is 6.22. The Morgan fingerprint density at radius 3 is 2.96 bits per heavy atom. The van der Waals surface area contributed by atoms with Crippen LogP contribution in [0.5, 0.6) is 11.5 Å². The van der Waals surface area contributed by atoms with Crippen molar-refractivity contribution in [1.29, 1.82) is 0 Å². The molecular weight excluding hydrogens is 336 g/mol. The van der Waals surface area contributed by atoms with Crippen LogP contribution in [0.3, 0.4) is 0 Å². The molecule has 2 aliphatic heterocycles. The van der Waals surface area contributed by atoms with E-state index in [9.17, 15) is 4.79 Å². The molecular formula is C17H16N6O3. The van der Waals surface area contributed by atoms with E-state index in [1.165, 1.54) is 6.33 Å². The van der Waals surface area contributed by atoms with Gasteiger partial charge in [-0.2, -0.15) is 0 Å². The number of piperazine rings is 1. The van der Waals surface area contributed by atoms with Gasteiger partial charge in [0.05, 0.1) is 12.9 Å². The molecule has 0 radical (unpaired) electrons. The third-order valence-electron chi connectivity index (χ3n) is 4.63. The van der Waals surface area contributed by atoms with Crippen molar-refractivity contribution in [2.75, 3.05) is 31.3 Å². The average molecular weight is 352 g/mol. The highest BCUT2D eigenvalue weighted by Gasteiger charge is 2.27. The number of H-pyrrole nitrogens is 1. The number of fused-ring (bicyclic) bond motifs is 2. The number of imidazole rings is 1. The first-order valence-corrected chi connectivity index (χ1v) is 8.33. The fourth-order valence-corrected chi connectivity index (χ4v) is 3.31. The van der Waals surface area contributed by atoms with Crippen molar-refractivity contribution < 1.29 is 14.3 Å². The summed E-state index contributed by atoms with van der Waals surface area (Å²) in [4.78, 5) is 32.1. The van der Waals surface area contributed by atoms with Gasteiger partial charge in [0.1, 0.15) is 11.8 Å². The van der Waals surface area contributed by atoms with E-state index in [0.29, 0.717) is 31.1 Å². The summed E-state index contributed by atoms with van der Waals surface area (Å²) >= 11 is 0. The summed E-state index contributed by atoms with van der Waals surface area (Å²) in [6.07, 6.45) is 3.06. The molecule has 132 valence electrons. The second kappa shape index (κ2) is 5.87. The molecule has 2 aromatic heterocycles. The monoisotopic (exact) mass is 352 g/mol. The first kappa shape index (κ1) is 14.9. The lowest BCUT2D eigenvalue weighted by atomic mass is 10.1. The topological polar surface area (TPSA) is 96.5 Å². The van der Waals surface area contributed by atoms with Crippen molar-refractivity contribution in [2.45, 2.75) is 6.54 Å². The van der Waals surface area contributed by atoms with E-state index in [1.807, 2.05) is 28.0 Å². The number of nitrogens with one attached hydrogen (secondary N) is 1. The summed E-state index contributed by atoms with van der Waals surface area (Å²) in [5, 5.41) is 0. The highest BCUT2D eigenvalue weighted by molar-refractivity contribution is 5.88. The molecule has 1 fully saturated rings. The molecule has 0 spiro atoms. The minimum Gasteiger partial charge on any atom is -0.454 e. The van der Waals surface area contributed by atoms with Gasteiger partial charge in [-0.15, -0.1) is 0 Å². The maximum absolute atomic E-state index is 12.6. The Hall–Kier alpha value is -3.36. The largest absolute Gasteiger partial charge is 0.454 e. The van der Waals surface area contributed by atoms with Gasteiger partial charge in [0.2, 0.25) is 12.7 Å². The lowest BCUT2D eigenvalue weighted by molar-refractivity contribution is -0.131. The Morgan fingerprint density at radius 2 is 2.04 bits per heavy atom. The minimum absolute atomic E-state index is 0.0557. The molecule has 0 saturated carbocycles. The molecule has 0 unspecified atom stereocenters. The number of benzene rings is 1. The first-order chi connectivity index (χ1) is 12.8. The van der Waals surface area contributed by atoms with Gasteiger partial charge in [-0.05, 0) is 17.7 Å². The molecule has 1 amide bonds. The highest BCUT2D eigenvalue weighted by atomic mass is 16.7. The van der Waals surface area contributed by atoms with E-state index in [0.717, 1.165) is 22.6 Å². The lowest BCUT2D eigenvalue weighted by Crippen LogP contribution is -2.50. The van der Waals surface area contributed by atoms with Crippen molar-refractivity contribution >= 4 is 22.9 Å². The fraction of sp³-hybridized carbons (Fsp3) is 0.294. The van der Waals surface area contributed by atoms with Crippen molar-refractivity contribution in [2.24, 2.45) is 0 Å². The molecule has 1 N–H and O–H groups in total. The third-order valence-corrected chi connectivity index (χ3v) is 4.63. The molecule has 9 heteroatoms. The van der Waals surface area contributed by atoms with Crippen LogP contribution < -0.4 is 14.4 Å². The fourth-order valence-electron chi connectivity index (χ4n) is 3.31. The number of aromatic amines is 1. The molecule has 1 aromatic carbocycles. The Morgan fingerprint density at radius 1 is 1.12 bits per heavy atom. The molecule has 2 aliphatic rings. The number of rotatable bonds is 3. The molecule has 9 nitrogen and oxygen atoms in total. The predicted molar refractivity (Wildman–Crippen MR) is 91.9 cm³/mol. The standard InChI is InChI=1S/C17H16N6O3/c24-14-7-23(17-15-16(19-8-18-15)20-9-21-17)4-3-22(14)6-11-1-2-12-13(5-11)26-10-25-12/h1-2,5,8-9H,3-4,6-7,10H2,(H,18,19,20,21). The SMILES string of the molecule is O=C1CN(c2ncnc3nc[nH]c23)CCN1Cc1ccc2c(c1)OCO2. The van der Waals surface area contributed by atoms with E-state index >= 15 is 0 Å². The molecule has 0 atom stereocenters. The number of carbonyl (C=O) groups excluding carboxylic acids is 1. The van der Waals surface area contributed by atoms with Crippen LogP contribution in [-0.4, -0.2) is 57.2 Å². The second-order valence-electron chi connectivity index (χ2n) is 6.22. The number of ether oxygens (including phenoxy) is 2. The smallest absolute Gasteiger partial charge is 0.242 e. The van der Waals surface area contributed by atoms with Crippen molar-refractivity contribution in [3.8, 4) is 11.5 Å². The van der Waals surface area contributed by atoms with Gasteiger partial charge in [-0.25, -0.2) is 15.0 Å². The van der Waals surface area contributed by atoms with Crippen LogP contribution in [0.1, 0.15) is 5.56 Å². The number of anilines is 1.